The zero-order valence-electron chi connectivity index (χ0n) is 7.23. The van der Waals surface area contributed by atoms with E-state index in [2.05, 4.69) is 14.7 Å². The van der Waals surface area contributed by atoms with Crippen LogP contribution >= 0.6 is 0 Å². The predicted molar refractivity (Wildman–Crippen MR) is 43.1 cm³/mol. The zero-order valence-corrected chi connectivity index (χ0v) is 7.23. The molecule has 0 saturated heterocycles. The molecule has 0 amide bonds. The molecular weight excluding hydrogens is 174 g/mol. The monoisotopic (exact) mass is 185 g/mol. The first-order valence-electron chi connectivity index (χ1n) is 3.97. The molecule has 0 radical (unpaired) electrons. The van der Waals surface area contributed by atoms with Gasteiger partial charge in [-0.05, 0) is 11.6 Å². The second-order valence-corrected chi connectivity index (χ2v) is 2.66. The van der Waals surface area contributed by atoms with Crippen LogP contribution in [-0.4, -0.2) is 21.2 Å². The molecule has 1 atom stereocenters. The molecule has 72 valence electrons. The van der Waals surface area contributed by atoms with Gasteiger partial charge in [0, 0.05) is 0 Å². The van der Waals surface area contributed by atoms with Gasteiger partial charge in [0.2, 0.25) is 5.89 Å². The molecule has 0 saturated carbocycles. The second-order valence-electron chi connectivity index (χ2n) is 2.66. The van der Waals surface area contributed by atoms with Crippen molar-refractivity contribution in [2.75, 3.05) is 0 Å². The van der Waals surface area contributed by atoms with Crippen LogP contribution in [0.5, 0.6) is 0 Å². The molecule has 13 heavy (non-hydrogen) atoms. The molecule has 0 aliphatic heterocycles. The number of carboxylic acid groups (broad SMARTS) is 1. The molecule has 6 heteroatoms. The van der Waals surface area contributed by atoms with E-state index in [-0.39, 0.29) is 17.8 Å². The summed E-state index contributed by atoms with van der Waals surface area (Å²) in [7, 11) is 0. The van der Waals surface area contributed by atoms with E-state index in [1.807, 2.05) is 6.92 Å². The van der Waals surface area contributed by atoms with E-state index in [0.717, 1.165) is 6.42 Å². The molecule has 1 heterocycles. The van der Waals surface area contributed by atoms with E-state index in [1.165, 1.54) is 0 Å². The number of nitrogens with zero attached hydrogens (tertiary/aromatic N) is 2. The molecule has 1 aromatic rings. The smallest absolute Gasteiger partial charge is 0.377 e. The second kappa shape index (κ2) is 3.99. The minimum absolute atomic E-state index is 0.180. The molecule has 6 nitrogen and oxygen atoms in total. The molecule has 0 aromatic carbocycles. The van der Waals surface area contributed by atoms with Crippen molar-refractivity contribution >= 4 is 5.97 Å². The van der Waals surface area contributed by atoms with Crippen LogP contribution in [0.15, 0.2) is 4.52 Å². The third kappa shape index (κ3) is 2.25. The number of nitrogens with two attached hydrogens (primary N) is 1. The van der Waals surface area contributed by atoms with Gasteiger partial charge in [-0.25, -0.2) is 4.79 Å². The molecule has 0 bridgehead atoms. The summed E-state index contributed by atoms with van der Waals surface area (Å²) in [6.07, 6.45) is 1.58. The van der Waals surface area contributed by atoms with Gasteiger partial charge in [0.1, 0.15) is 0 Å². The van der Waals surface area contributed by atoms with Gasteiger partial charge in [-0.15, -0.1) is 0 Å². The van der Waals surface area contributed by atoms with Crippen molar-refractivity contribution in [3.05, 3.63) is 11.7 Å². The highest BCUT2D eigenvalue weighted by molar-refractivity contribution is 5.82. The average Bonchev–Trinajstić information content (AvgIpc) is 2.52. The molecule has 0 aliphatic carbocycles. The van der Waals surface area contributed by atoms with Gasteiger partial charge < -0.3 is 15.4 Å². The van der Waals surface area contributed by atoms with Gasteiger partial charge in [-0.3, -0.25) is 0 Å². The van der Waals surface area contributed by atoms with Crippen LogP contribution in [0.2, 0.25) is 0 Å². The number of carbonyl (C=O) groups is 1. The number of aromatic carboxylic acids is 1. The SMILES string of the molecule is CCCC(N)c1nc(C(=O)O)no1. The fourth-order valence-electron chi connectivity index (χ4n) is 0.907. The van der Waals surface area contributed by atoms with E-state index in [9.17, 15) is 4.79 Å². The largest absolute Gasteiger partial charge is 0.475 e. The zero-order chi connectivity index (χ0) is 9.84. The summed E-state index contributed by atoms with van der Waals surface area (Å²) in [5, 5.41) is 11.7. The topological polar surface area (TPSA) is 102 Å². The standard InChI is InChI=1S/C7H11N3O3/c1-2-3-4(8)6-9-5(7(11)12)10-13-6/h4H,2-3,8H2,1H3,(H,11,12). The Bertz CT molecular complexity index is 297. The van der Waals surface area contributed by atoms with Gasteiger partial charge >= 0.3 is 5.97 Å². The van der Waals surface area contributed by atoms with Gasteiger partial charge in [0.25, 0.3) is 5.82 Å². The van der Waals surface area contributed by atoms with Crippen LogP contribution < -0.4 is 5.73 Å². The Kier molecular flexibility index (Phi) is 2.97. The molecule has 3 N–H and O–H groups in total. The first-order chi connectivity index (χ1) is 6.15. The Morgan fingerprint density at radius 1 is 1.77 bits per heavy atom. The number of hydrogen-bond donors (Lipinski definition) is 2. The Hall–Kier alpha value is -1.43. The van der Waals surface area contributed by atoms with Crippen molar-refractivity contribution in [1.82, 2.24) is 10.1 Å². The third-order valence-electron chi connectivity index (χ3n) is 1.55. The normalized spacial score (nSPS) is 12.8. The molecule has 0 fully saturated rings. The van der Waals surface area contributed by atoms with Crippen LogP contribution in [-0.2, 0) is 0 Å². The summed E-state index contributed by atoms with van der Waals surface area (Å²) in [4.78, 5) is 14.0. The number of aromatic nitrogens is 2. The van der Waals surface area contributed by atoms with Crippen molar-refractivity contribution in [3.8, 4) is 0 Å². The van der Waals surface area contributed by atoms with Crippen molar-refractivity contribution < 1.29 is 14.4 Å². The quantitative estimate of drug-likeness (QED) is 0.710. The molecule has 1 aromatic heterocycles. The van der Waals surface area contributed by atoms with Gasteiger partial charge in [0.05, 0.1) is 6.04 Å². The van der Waals surface area contributed by atoms with Crippen LogP contribution in [0.25, 0.3) is 0 Å². The Morgan fingerprint density at radius 2 is 2.46 bits per heavy atom. The number of rotatable bonds is 4. The summed E-state index contributed by atoms with van der Waals surface area (Å²) >= 11 is 0. The minimum atomic E-state index is -1.21. The molecule has 0 spiro atoms. The summed E-state index contributed by atoms with van der Waals surface area (Å²) in [5.74, 6) is -1.38. The van der Waals surface area contributed by atoms with Crippen molar-refractivity contribution in [2.24, 2.45) is 5.73 Å². The lowest BCUT2D eigenvalue weighted by molar-refractivity contribution is 0.0680. The van der Waals surface area contributed by atoms with Crippen LogP contribution in [0.4, 0.5) is 0 Å². The lowest BCUT2D eigenvalue weighted by Crippen LogP contribution is -2.10. The lowest BCUT2D eigenvalue weighted by atomic mass is 10.2. The molecule has 1 unspecified atom stereocenters. The number of carboxylic acids is 1. The first kappa shape index (κ1) is 9.66. The fraction of sp³-hybridized carbons (Fsp3) is 0.571. The predicted octanol–water partition coefficient (Wildman–Crippen LogP) is 0.568. The van der Waals surface area contributed by atoms with E-state index >= 15 is 0 Å². The molecule has 1 rings (SSSR count). The maximum Gasteiger partial charge on any atom is 0.377 e. The van der Waals surface area contributed by atoms with Crippen LogP contribution in [0.1, 0.15) is 42.3 Å². The molecular formula is C7H11N3O3. The van der Waals surface area contributed by atoms with E-state index in [4.69, 9.17) is 10.8 Å². The van der Waals surface area contributed by atoms with Crippen molar-refractivity contribution in [3.63, 3.8) is 0 Å². The highest BCUT2D eigenvalue weighted by Gasteiger charge is 2.17. The molecule has 0 aliphatic rings. The van der Waals surface area contributed by atoms with E-state index < -0.39 is 5.97 Å². The Labute approximate surface area is 74.7 Å². The van der Waals surface area contributed by atoms with Crippen molar-refractivity contribution in [2.45, 2.75) is 25.8 Å². The van der Waals surface area contributed by atoms with Gasteiger partial charge in [-0.1, -0.05) is 13.3 Å². The Balaban J connectivity index is 2.73. The van der Waals surface area contributed by atoms with E-state index in [1.54, 1.807) is 0 Å². The van der Waals surface area contributed by atoms with Gasteiger partial charge in [-0.2, -0.15) is 4.98 Å². The summed E-state index contributed by atoms with van der Waals surface area (Å²) in [6, 6.07) is -0.370. The van der Waals surface area contributed by atoms with E-state index in [0.29, 0.717) is 6.42 Å². The fourth-order valence-corrected chi connectivity index (χ4v) is 0.907. The highest BCUT2D eigenvalue weighted by Crippen LogP contribution is 2.12. The summed E-state index contributed by atoms with van der Waals surface area (Å²) in [5.41, 5.74) is 5.63. The lowest BCUT2D eigenvalue weighted by Gasteiger charge is -2.01. The van der Waals surface area contributed by atoms with Crippen LogP contribution in [0.3, 0.4) is 0 Å². The summed E-state index contributed by atoms with van der Waals surface area (Å²) < 4.78 is 4.67. The maximum absolute atomic E-state index is 10.4. The third-order valence-corrected chi connectivity index (χ3v) is 1.55. The minimum Gasteiger partial charge on any atom is -0.475 e. The number of hydrogen-bond acceptors (Lipinski definition) is 5. The summed E-state index contributed by atoms with van der Waals surface area (Å²) in [6.45, 7) is 1.97. The highest BCUT2D eigenvalue weighted by atomic mass is 16.5. The van der Waals surface area contributed by atoms with Crippen molar-refractivity contribution in [1.29, 1.82) is 0 Å². The first-order valence-corrected chi connectivity index (χ1v) is 3.97. The maximum atomic E-state index is 10.4. The van der Waals surface area contributed by atoms with Crippen LogP contribution in [0, 0.1) is 0 Å². The van der Waals surface area contributed by atoms with Gasteiger partial charge in [0.15, 0.2) is 0 Å². The average molecular weight is 185 g/mol. The Morgan fingerprint density at radius 3 is 2.92 bits per heavy atom.